The van der Waals surface area contributed by atoms with Gasteiger partial charge in [-0.2, -0.15) is 0 Å². The van der Waals surface area contributed by atoms with E-state index in [1.54, 1.807) is 6.07 Å². The van der Waals surface area contributed by atoms with Crippen LogP contribution >= 0.6 is 0 Å². The smallest absolute Gasteiger partial charge is 0.339 e. The third-order valence-corrected chi connectivity index (χ3v) is 5.96. The number of hydrogen-bond acceptors (Lipinski definition) is 12. The molecule has 13 nitrogen and oxygen atoms in total. The van der Waals surface area contributed by atoms with Crippen LogP contribution in [-0.2, 0) is 54.3 Å². The summed E-state index contributed by atoms with van der Waals surface area (Å²) in [4.78, 5) is 60.8. The van der Waals surface area contributed by atoms with Gasteiger partial charge in [-0.05, 0) is 31.0 Å². The van der Waals surface area contributed by atoms with Crippen LogP contribution in [0.1, 0.15) is 52.0 Å². The van der Waals surface area contributed by atoms with Crippen molar-refractivity contribution in [3.63, 3.8) is 0 Å². The summed E-state index contributed by atoms with van der Waals surface area (Å²) in [6, 6.07) is 4.53. The molecule has 1 fully saturated rings. The molecule has 1 aliphatic rings. The Hall–Kier alpha value is -4.15. The topological polar surface area (TPSA) is 173 Å². The van der Waals surface area contributed by atoms with Crippen molar-refractivity contribution in [2.24, 2.45) is 0 Å². The summed E-state index contributed by atoms with van der Waals surface area (Å²) in [6.07, 6.45) is 2.81. The Balaban J connectivity index is 2.36. The van der Waals surface area contributed by atoms with Crippen molar-refractivity contribution in [2.45, 2.75) is 77.0 Å². The van der Waals surface area contributed by atoms with Crippen molar-refractivity contribution in [2.75, 3.05) is 25.6 Å². The van der Waals surface area contributed by atoms with Crippen LogP contribution in [0.25, 0.3) is 0 Å². The third-order valence-electron chi connectivity index (χ3n) is 5.96. The van der Waals surface area contributed by atoms with Gasteiger partial charge in [-0.1, -0.05) is 0 Å². The average Bonchev–Trinajstić information content (AvgIpc) is 2.91. The van der Waals surface area contributed by atoms with Gasteiger partial charge in [0.15, 0.2) is 18.3 Å². The molecule has 4 atom stereocenters. The average molecular weight is 578 g/mol. The molecule has 1 aromatic rings. The van der Waals surface area contributed by atoms with E-state index in [0.717, 1.165) is 34.3 Å². The molecule has 0 radical (unpaired) electrons. The molecule has 0 saturated carbocycles. The van der Waals surface area contributed by atoms with E-state index in [-0.39, 0.29) is 23.6 Å². The number of terminal acetylenes is 1. The SMILES string of the molecule is C#CCCCCC(=O)Nc1ccc(OCC2(OC(C)=O)COC(C(=O)OC)C(OC(C)=O)C2OC(C)=O)c(CO)c1. The van der Waals surface area contributed by atoms with Gasteiger partial charge >= 0.3 is 23.9 Å². The second-order valence-electron chi connectivity index (χ2n) is 9.25. The van der Waals surface area contributed by atoms with Crippen LogP contribution < -0.4 is 10.1 Å². The second-order valence-corrected chi connectivity index (χ2v) is 9.25. The summed E-state index contributed by atoms with van der Waals surface area (Å²) in [5.41, 5.74) is -1.20. The van der Waals surface area contributed by atoms with Crippen LogP contribution in [0.2, 0.25) is 0 Å². The highest BCUT2D eigenvalue weighted by molar-refractivity contribution is 5.90. The largest absolute Gasteiger partial charge is 0.489 e. The van der Waals surface area contributed by atoms with Gasteiger partial charge in [-0.15, -0.1) is 12.3 Å². The minimum absolute atomic E-state index is 0.145. The number of unbranched alkanes of at least 4 members (excludes halogenated alkanes) is 2. The summed E-state index contributed by atoms with van der Waals surface area (Å²) < 4.78 is 32.5. The Bertz CT molecular complexity index is 1160. The minimum atomic E-state index is -1.89. The maximum atomic E-state index is 12.4. The van der Waals surface area contributed by atoms with Crippen molar-refractivity contribution >= 4 is 35.5 Å². The number of methoxy groups -OCH3 is 1. The number of carbonyl (C=O) groups is 5. The zero-order chi connectivity index (χ0) is 30.6. The lowest BCUT2D eigenvalue weighted by molar-refractivity contribution is -0.263. The maximum Gasteiger partial charge on any atom is 0.339 e. The summed E-state index contributed by atoms with van der Waals surface area (Å²) in [7, 11) is 1.09. The van der Waals surface area contributed by atoms with Crippen molar-refractivity contribution in [1.82, 2.24) is 0 Å². The first kappa shape index (κ1) is 33.1. The normalized spacial score (nSPS) is 21.5. The predicted octanol–water partition coefficient (Wildman–Crippen LogP) is 1.43. The highest BCUT2D eigenvalue weighted by atomic mass is 16.7. The lowest BCUT2D eigenvalue weighted by Crippen LogP contribution is -2.68. The van der Waals surface area contributed by atoms with Crippen LogP contribution in [0.4, 0.5) is 5.69 Å². The molecule has 0 bridgehead atoms. The standard InChI is InChI=1S/C28H35NO12/c1-6-7-8-9-10-23(34)29-21-11-12-22(20(13-21)14-30)37-15-28(41-19(4)33)16-38-25(27(35)36-5)24(39-17(2)31)26(28)40-18(3)32/h1,11-13,24-26,30H,7-10,14-16H2,2-5H3,(H,29,34). The van der Waals surface area contributed by atoms with Gasteiger partial charge in [-0.3, -0.25) is 19.2 Å². The Morgan fingerprint density at radius 3 is 2.39 bits per heavy atom. The van der Waals surface area contributed by atoms with Crippen LogP contribution in [0.5, 0.6) is 5.75 Å². The number of aliphatic hydroxyl groups excluding tert-OH is 1. The van der Waals surface area contributed by atoms with Crippen LogP contribution in [0.15, 0.2) is 18.2 Å². The quantitative estimate of drug-likeness (QED) is 0.150. The predicted molar refractivity (Wildman–Crippen MR) is 141 cm³/mol. The number of esters is 4. The maximum absolute atomic E-state index is 12.4. The number of hydrogen-bond donors (Lipinski definition) is 2. The number of ether oxygens (including phenoxy) is 6. The van der Waals surface area contributed by atoms with E-state index in [4.69, 9.17) is 34.8 Å². The van der Waals surface area contributed by atoms with Gasteiger partial charge in [0.25, 0.3) is 0 Å². The fraction of sp³-hybridized carbons (Fsp3) is 0.536. The van der Waals surface area contributed by atoms with Crippen molar-refractivity contribution in [1.29, 1.82) is 0 Å². The van der Waals surface area contributed by atoms with E-state index in [9.17, 15) is 29.1 Å². The van der Waals surface area contributed by atoms with Crippen molar-refractivity contribution in [3.8, 4) is 18.1 Å². The molecule has 2 rings (SSSR count). The molecule has 0 aliphatic carbocycles. The molecule has 4 unspecified atom stereocenters. The monoisotopic (exact) mass is 577 g/mol. The first-order valence-corrected chi connectivity index (χ1v) is 12.8. The molecule has 41 heavy (non-hydrogen) atoms. The molecular weight excluding hydrogens is 542 g/mol. The minimum Gasteiger partial charge on any atom is -0.489 e. The van der Waals surface area contributed by atoms with E-state index in [1.165, 1.54) is 12.1 Å². The van der Waals surface area contributed by atoms with Crippen LogP contribution in [0, 0.1) is 12.3 Å². The van der Waals surface area contributed by atoms with E-state index in [0.29, 0.717) is 18.5 Å². The van der Waals surface area contributed by atoms with Crippen molar-refractivity contribution < 1.29 is 57.5 Å². The zero-order valence-corrected chi connectivity index (χ0v) is 23.4. The number of rotatable bonds is 13. The van der Waals surface area contributed by atoms with E-state index >= 15 is 0 Å². The fourth-order valence-corrected chi connectivity index (χ4v) is 4.24. The van der Waals surface area contributed by atoms with E-state index < -0.39 is 67.6 Å². The Labute approximate surface area is 237 Å². The summed E-state index contributed by atoms with van der Waals surface area (Å²) >= 11 is 0. The van der Waals surface area contributed by atoms with Crippen LogP contribution in [-0.4, -0.2) is 79.1 Å². The van der Waals surface area contributed by atoms with Gasteiger partial charge in [-0.25, -0.2) is 4.79 Å². The molecule has 2 N–H and O–H groups in total. The first-order valence-electron chi connectivity index (χ1n) is 12.8. The van der Waals surface area contributed by atoms with E-state index in [2.05, 4.69) is 11.2 Å². The van der Waals surface area contributed by atoms with Gasteiger partial charge < -0.3 is 38.8 Å². The summed E-state index contributed by atoms with van der Waals surface area (Å²) in [5, 5.41) is 12.7. The van der Waals surface area contributed by atoms with Gasteiger partial charge in [0.2, 0.25) is 11.5 Å². The zero-order valence-electron chi connectivity index (χ0n) is 23.4. The Morgan fingerprint density at radius 1 is 1.10 bits per heavy atom. The second kappa shape index (κ2) is 15.6. The number of nitrogens with one attached hydrogen (secondary N) is 1. The number of benzene rings is 1. The molecular formula is C28H35NO12. The lowest BCUT2D eigenvalue weighted by Gasteiger charge is -2.46. The Morgan fingerprint density at radius 2 is 1.80 bits per heavy atom. The molecule has 13 heteroatoms. The number of anilines is 1. The summed E-state index contributed by atoms with van der Waals surface area (Å²) in [6.45, 7) is 1.76. The molecule has 0 aromatic heterocycles. The highest BCUT2D eigenvalue weighted by Crippen LogP contribution is 2.35. The van der Waals surface area contributed by atoms with E-state index in [1.807, 2.05) is 0 Å². The lowest BCUT2D eigenvalue weighted by atomic mass is 9.87. The molecule has 1 heterocycles. The third kappa shape index (κ3) is 9.47. The Kier molecular flexibility index (Phi) is 12.6. The van der Waals surface area contributed by atoms with Crippen molar-refractivity contribution in [3.05, 3.63) is 23.8 Å². The first-order chi connectivity index (χ1) is 19.5. The summed E-state index contributed by atoms with van der Waals surface area (Å²) in [5.74, 6) is -0.952. The molecule has 1 saturated heterocycles. The van der Waals surface area contributed by atoms with Gasteiger partial charge in [0, 0.05) is 44.9 Å². The highest BCUT2D eigenvalue weighted by Gasteiger charge is 2.59. The van der Waals surface area contributed by atoms with Gasteiger partial charge in [0.1, 0.15) is 12.4 Å². The van der Waals surface area contributed by atoms with Crippen LogP contribution in [0.3, 0.4) is 0 Å². The number of carbonyl (C=O) groups excluding carboxylic acids is 5. The number of amides is 1. The fourth-order valence-electron chi connectivity index (χ4n) is 4.24. The molecule has 0 spiro atoms. The van der Waals surface area contributed by atoms with Gasteiger partial charge in [0.05, 0.1) is 20.3 Å². The molecule has 1 aromatic carbocycles. The number of aliphatic hydroxyl groups is 1. The molecule has 224 valence electrons. The molecule has 1 aliphatic heterocycles. The molecule has 1 amide bonds.